The van der Waals surface area contributed by atoms with Gasteiger partial charge in [0, 0.05) is 19.0 Å². The Bertz CT molecular complexity index is 918. The summed E-state index contributed by atoms with van der Waals surface area (Å²) in [5.74, 6) is 1.83. The third-order valence-corrected chi connectivity index (χ3v) is 4.46. The van der Waals surface area contributed by atoms with Gasteiger partial charge in [-0.15, -0.1) is 0 Å². The smallest absolute Gasteiger partial charge is 0.227 e. The molecule has 1 aliphatic heterocycles. The highest BCUT2D eigenvalue weighted by Gasteiger charge is 2.25. The van der Waals surface area contributed by atoms with Crippen LogP contribution in [0.3, 0.4) is 0 Å². The molecule has 0 spiro atoms. The highest BCUT2D eigenvalue weighted by Crippen LogP contribution is 2.26. The average molecular weight is 349 g/mol. The van der Waals surface area contributed by atoms with Crippen molar-refractivity contribution in [2.45, 2.75) is 19.9 Å². The summed E-state index contributed by atoms with van der Waals surface area (Å²) in [5, 5.41) is 6.89. The van der Waals surface area contributed by atoms with Crippen LogP contribution in [-0.4, -0.2) is 22.7 Å². The van der Waals surface area contributed by atoms with Crippen molar-refractivity contribution in [1.29, 1.82) is 0 Å². The molecule has 0 bridgehead atoms. The van der Waals surface area contributed by atoms with Gasteiger partial charge in [-0.3, -0.25) is 4.79 Å². The summed E-state index contributed by atoms with van der Waals surface area (Å²) < 4.78 is 10.7. The minimum Gasteiger partial charge on any atom is -0.492 e. The number of nitrogens with one attached hydrogen (secondary N) is 1. The van der Waals surface area contributed by atoms with Crippen LogP contribution in [0.4, 0.5) is 0 Å². The van der Waals surface area contributed by atoms with E-state index in [0.717, 1.165) is 22.4 Å². The zero-order chi connectivity index (χ0) is 17.9. The fraction of sp³-hybridized carbons (Fsp3) is 0.250. The van der Waals surface area contributed by atoms with Crippen LogP contribution in [0.2, 0.25) is 0 Å². The Morgan fingerprint density at radius 2 is 2.00 bits per heavy atom. The fourth-order valence-electron chi connectivity index (χ4n) is 3.02. The van der Waals surface area contributed by atoms with Crippen molar-refractivity contribution in [3.05, 3.63) is 65.5 Å². The van der Waals surface area contributed by atoms with Crippen LogP contribution >= 0.6 is 0 Å². The second-order valence-electron chi connectivity index (χ2n) is 6.37. The number of hydrogen-bond donors (Lipinski definition) is 1. The van der Waals surface area contributed by atoms with Gasteiger partial charge in [0.25, 0.3) is 0 Å². The zero-order valence-electron chi connectivity index (χ0n) is 14.4. The van der Waals surface area contributed by atoms with Crippen molar-refractivity contribution >= 4 is 5.91 Å². The lowest BCUT2D eigenvalue weighted by atomic mass is 9.96. The molecule has 132 valence electrons. The Morgan fingerprint density at radius 3 is 2.77 bits per heavy atom. The van der Waals surface area contributed by atoms with Crippen LogP contribution in [0.15, 0.2) is 53.1 Å². The minimum absolute atomic E-state index is 0.0115. The van der Waals surface area contributed by atoms with Gasteiger partial charge in [-0.1, -0.05) is 47.6 Å². The summed E-state index contributed by atoms with van der Waals surface area (Å²) in [6, 6.07) is 15.6. The molecule has 2 heterocycles. The molecule has 4 rings (SSSR count). The highest BCUT2D eigenvalue weighted by molar-refractivity contribution is 5.79. The van der Waals surface area contributed by atoms with Crippen LogP contribution in [0.5, 0.6) is 5.75 Å². The molecular formula is C20H19N3O3. The number of aromatic nitrogens is 2. The van der Waals surface area contributed by atoms with Crippen LogP contribution in [-0.2, 0) is 17.8 Å². The molecule has 0 radical (unpaired) electrons. The van der Waals surface area contributed by atoms with Crippen molar-refractivity contribution in [2.24, 2.45) is 5.92 Å². The molecule has 1 amide bonds. The summed E-state index contributed by atoms with van der Waals surface area (Å²) in [7, 11) is 0. The minimum atomic E-state index is -0.161. The molecule has 1 aliphatic rings. The van der Waals surface area contributed by atoms with Crippen molar-refractivity contribution in [3.63, 3.8) is 0 Å². The largest absolute Gasteiger partial charge is 0.492 e. The van der Waals surface area contributed by atoms with Gasteiger partial charge >= 0.3 is 0 Å². The topological polar surface area (TPSA) is 77.2 Å². The van der Waals surface area contributed by atoms with Gasteiger partial charge in [0.1, 0.15) is 12.4 Å². The quantitative estimate of drug-likeness (QED) is 0.784. The second kappa shape index (κ2) is 7.00. The summed E-state index contributed by atoms with van der Waals surface area (Å²) in [4.78, 5) is 16.7. The molecular weight excluding hydrogens is 330 g/mol. The third kappa shape index (κ3) is 3.44. The summed E-state index contributed by atoms with van der Waals surface area (Å²) in [6.07, 6.45) is 0.706. The fourth-order valence-corrected chi connectivity index (χ4v) is 3.02. The van der Waals surface area contributed by atoms with Gasteiger partial charge in [-0.2, -0.15) is 4.98 Å². The molecule has 0 saturated carbocycles. The predicted octanol–water partition coefficient (Wildman–Crippen LogP) is 2.91. The molecule has 2 aromatic carbocycles. The van der Waals surface area contributed by atoms with Crippen molar-refractivity contribution in [3.8, 4) is 17.1 Å². The molecule has 0 saturated heterocycles. The van der Waals surface area contributed by atoms with E-state index in [2.05, 4.69) is 15.5 Å². The van der Waals surface area contributed by atoms with E-state index in [-0.39, 0.29) is 11.8 Å². The predicted molar refractivity (Wildman–Crippen MR) is 95.4 cm³/mol. The maximum absolute atomic E-state index is 12.4. The van der Waals surface area contributed by atoms with Crippen LogP contribution in [0.1, 0.15) is 17.0 Å². The Hall–Kier alpha value is -3.15. The number of para-hydroxylation sites is 1. The number of nitrogens with zero attached hydrogens (tertiary/aromatic N) is 2. The van der Waals surface area contributed by atoms with Crippen molar-refractivity contribution in [1.82, 2.24) is 15.5 Å². The van der Waals surface area contributed by atoms with E-state index < -0.39 is 0 Å². The van der Waals surface area contributed by atoms with Gasteiger partial charge < -0.3 is 14.6 Å². The summed E-state index contributed by atoms with van der Waals surface area (Å²) in [6.45, 7) is 2.65. The number of carbonyl (C=O) groups is 1. The number of ether oxygens (including phenoxy) is 1. The standard InChI is InChI=1S/C20H19N3O3/c1-13-22-19(23-26-13)15-8-6-14(7-9-15)11-21-20(24)17-10-16-4-2-3-5-18(16)25-12-17/h2-9,17H,10-12H2,1H3,(H,21,24)/t17-/m0/s1. The van der Waals surface area contributed by atoms with E-state index in [1.807, 2.05) is 48.5 Å². The SMILES string of the molecule is Cc1nc(-c2ccc(CNC(=O)[C@@H]3COc4ccccc4C3)cc2)no1. The summed E-state index contributed by atoms with van der Waals surface area (Å²) >= 11 is 0. The van der Waals surface area contributed by atoms with Gasteiger partial charge in [-0.25, -0.2) is 0 Å². The maximum Gasteiger partial charge on any atom is 0.227 e. The monoisotopic (exact) mass is 349 g/mol. The van der Waals surface area contributed by atoms with Gasteiger partial charge in [0.15, 0.2) is 0 Å². The molecule has 0 aliphatic carbocycles. The number of amides is 1. The number of hydrogen-bond acceptors (Lipinski definition) is 5. The Labute approximate surface area is 151 Å². The van der Waals surface area contributed by atoms with Crippen molar-refractivity contribution < 1.29 is 14.1 Å². The average Bonchev–Trinajstić information content (AvgIpc) is 3.12. The lowest BCUT2D eigenvalue weighted by Gasteiger charge is -2.24. The van der Waals surface area contributed by atoms with E-state index >= 15 is 0 Å². The number of aryl methyl sites for hydroxylation is 1. The van der Waals surface area contributed by atoms with E-state index in [0.29, 0.717) is 31.3 Å². The first-order valence-corrected chi connectivity index (χ1v) is 8.57. The van der Waals surface area contributed by atoms with Crippen molar-refractivity contribution in [2.75, 3.05) is 6.61 Å². The molecule has 3 aromatic rings. The molecule has 1 N–H and O–H groups in total. The molecule has 1 atom stereocenters. The Balaban J connectivity index is 1.35. The molecule has 6 heteroatoms. The lowest BCUT2D eigenvalue weighted by Crippen LogP contribution is -2.37. The highest BCUT2D eigenvalue weighted by atomic mass is 16.5. The van der Waals surface area contributed by atoms with E-state index in [1.54, 1.807) is 6.92 Å². The normalized spacial score (nSPS) is 15.8. The van der Waals surface area contributed by atoms with Crippen LogP contribution < -0.4 is 10.1 Å². The number of carbonyl (C=O) groups excluding carboxylic acids is 1. The molecule has 6 nitrogen and oxygen atoms in total. The van der Waals surface area contributed by atoms with E-state index in [9.17, 15) is 4.79 Å². The number of fused-ring (bicyclic) bond motifs is 1. The number of benzene rings is 2. The first-order chi connectivity index (χ1) is 12.7. The molecule has 26 heavy (non-hydrogen) atoms. The van der Waals surface area contributed by atoms with Crippen LogP contribution in [0.25, 0.3) is 11.4 Å². The lowest BCUT2D eigenvalue weighted by molar-refractivity contribution is -0.126. The first-order valence-electron chi connectivity index (χ1n) is 8.57. The zero-order valence-corrected chi connectivity index (χ0v) is 14.4. The van der Waals surface area contributed by atoms with E-state index in [4.69, 9.17) is 9.26 Å². The Kier molecular flexibility index (Phi) is 4.39. The first kappa shape index (κ1) is 16.3. The number of rotatable bonds is 4. The Morgan fingerprint density at radius 1 is 1.19 bits per heavy atom. The molecule has 0 fully saturated rings. The maximum atomic E-state index is 12.4. The summed E-state index contributed by atoms with van der Waals surface area (Å²) in [5.41, 5.74) is 2.98. The van der Waals surface area contributed by atoms with Gasteiger partial charge in [0.2, 0.25) is 17.6 Å². The second-order valence-corrected chi connectivity index (χ2v) is 6.37. The molecule has 0 unspecified atom stereocenters. The van der Waals surface area contributed by atoms with E-state index in [1.165, 1.54) is 0 Å². The van der Waals surface area contributed by atoms with Crippen LogP contribution in [0, 0.1) is 12.8 Å². The van der Waals surface area contributed by atoms with Gasteiger partial charge in [0.05, 0.1) is 5.92 Å². The van der Waals surface area contributed by atoms with Gasteiger partial charge in [-0.05, 0) is 23.6 Å². The third-order valence-electron chi connectivity index (χ3n) is 4.46. The molecule has 1 aromatic heterocycles.